The van der Waals surface area contributed by atoms with Gasteiger partial charge in [0.2, 0.25) is 0 Å². The van der Waals surface area contributed by atoms with E-state index in [-0.39, 0.29) is 5.41 Å². The SMILES string of the molecule is C#CC[C@]1(O)CCCC[C@]12C=CC1(CC2)OCCO1. The van der Waals surface area contributed by atoms with Gasteiger partial charge in [-0.3, -0.25) is 0 Å². The molecule has 2 atom stereocenters. The minimum Gasteiger partial charge on any atom is -0.388 e. The normalized spacial score (nSPS) is 40.6. The van der Waals surface area contributed by atoms with Crippen molar-refractivity contribution in [3.8, 4) is 12.3 Å². The molecule has 3 rings (SSSR count). The third-order valence-electron chi connectivity index (χ3n) is 5.14. The third-order valence-corrected chi connectivity index (χ3v) is 5.14. The summed E-state index contributed by atoms with van der Waals surface area (Å²) < 4.78 is 11.4. The molecule has 0 aromatic heterocycles. The Kier molecular flexibility index (Phi) is 3.21. The summed E-state index contributed by atoms with van der Waals surface area (Å²) in [6.45, 7) is 1.32. The first kappa shape index (κ1) is 13.2. The van der Waals surface area contributed by atoms with Gasteiger partial charge in [-0.25, -0.2) is 0 Å². The number of rotatable bonds is 1. The highest BCUT2D eigenvalue weighted by atomic mass is 16.7. The summed E-state index contributed by atoms with van der Waals surface area (Å²) in [7, 11) is 0. The molecule has 2 fully saturated rings. The fourth-order valence-electron chi connectivity index (χ4n) is 3.93. The van der Waals surface area contributed by atoms with Gasteiger partial charge in [0, 0.05) is 18.3 Å². The van der Waals surface area contributed by atoms with E-state index in [0.29, 0.717) is 19.6 Å². The van der Waals surface area contributed by atoms with Crippen molar-refractivity contribution in [1.29, 1.82) is 0 Å². The zero-order chi connectivity index (χ0) is 13.4. The molecule has 2 aliphatic carbocycles. The second-order valence-electron chi connectivity index (χ2n) is 6.12. The van der Waals surface area contributed by atoms with Gasteiger partial charge in [0.15, 0.2) is 5.79 Å². The molecule has 3 heteroatoms. The molecule has 2 spiro atoms. The molecule has 1 heterocycles. The molecule has 0 bridgehead atoms. The Morgan fingerprint density at radius 1 is 1.05 bits per heavy atom. The van der Waals surface area contributed by atoms with Crippen molar-refractivity contribution in [3.05, 3.63) is 12.2 Å². The first-order valence-electron chi connectivity index (χ1n) is 7.28. The van der Waals surface area contributed by atoms with Crippen LogP contribution in [-0.2, 0) is 9.47 Å². The average Bonchev–Trinajstić information content (AvgIpc) is 2.86. The van der Waals surface area contributed by atoms with Gasteiger partial charge >= 0.3 is 0 Å². The van der Waals surface area contributed by atoms with Gasteiger partial charge in [-0.15, -0.1) is 12.3 Å². The van der Waals surface area contributed by atoms with Gasteiger partial charge in [0.25, 0.3) is 0 Å². The van der Waals surface area contributed by atoms with E-state index in [2.05, 4.69) is 12.0 Å². The van der Waals surface area contributed by atoms with Gasteiger partial charge in [-0.2, -0.15) is 0 Å². The molecule has 0 amide bonds. The fourth-order valence-corrected chi connectivity index (χ4v) is 3.93. The molecular weight excluding hydrogens is 240 g/mol. The number of aliphatic hydroxyl groups is 1. The van der Waals surface area contributed by atoms with Gasteiger partial charge in [-0.1, -0.05) is 18.9 Å². The maximum Gasteiger partial charge on any atom is 0.188 e. The lowest BCUT2D eigenvalue weighted by Crippen LogP contribution is -2.52. The van der Waals surface area contributed by atoms with Crippen LogP contribution in [0, 0.1) is 17.8 Å². The van der Waals surface area contributed by atoms with Crippen molar-refractivity contribution >= 4 is 0 Å². The number of ether oxygens (including phenoxy) is 2. The Bertz CT molecular complexity index is 416. The predicted octanol–water partition coefficient (Wildman–Crippen LogP) is 2.39. The number of hydrogen-bond donors (Lipinski definition) is 1. The highest BCUT2D eigenvalue weighted by Crippen LogP contribution is 2.54. The molecule has 1 N–H and O–H groups in total. The van der Waals surface area contributed by atoms with E-state index < -0.39 is 11.4 Å². The summed E-state index contributed by atoms with van der Waals surface area (Å²) in [6.07, 6.45) is 15.8. The summed E-state index contributed by atoms with van der Waals surface area (Å²) >= 11 is 0. The van der Waals surface area contributed by atoms with E-state index in [1.807, 2.05) is 6.08 Å². The quantitative estimate of drug-likeness (QED) is 0.582. The lowest BCUT2D eigenvalue weighted by atomic mass is 9.58. The summed E-state index contributed by atoms with van der Waals surface area (Å²) in [5.41, 5.74) is -0.936. The lowest BCUT2D eigenvalue weighted by molar-refractivity contribution is -0.155. The second kappa shape index (κ2) is 4.63. The van der Waals surface area contributed by atoms with Gasteiger partial charge in [-0.05, 0) is 25.3 Å². The molecule has 0 radical (unpaired) electrons. The molecule has 104 valence electrons. The Labute approximate surface area is 115 Å². The first-order chi connectivity index (χ1) is 9.14. The molecule has 3 nitrogen and oxygen atoms in total. The second-order valence-corrected chi connectivity index (χ2v) is 6.12. The van der Waals surface area contributed by atoms with E-state index in [9.17, 15) is 5.11 Å². The van der Waals surface area contributed by atoms with Crippen molar-refractivity contribution in [2.24, 2.45) is 5.41 Å². The van der Waals surface area contributed by atoms with Crippen molar-refractivity contribution in [3.63, 3.8) is 0 Å². The summed E-state index contributed by atoms with van der Waals surface area (Å²) in [4.78, 5) is 0. The van der Waals surface area contributed by atoms with E-state index >= 15 is 0 Å². The number of terminal acetylenes is 1. The highest BCUT2D eigenvalue weighted by Gasteiger charge is 2.53. The van der Waals surface area contributed by atoms with Crippen LogP contribution in [0.15, 0.2) is 12.2 Å². The average molecular weight is 262 g/mol. The molecule has 1 saturated carbocycles. The molecule has 1 aliphatic heterocycles. The van der Waals surface area contributed by atoms with Gasteiger partial charge < -0.3 is 14.6 Å². The smallest absolute Gasteiger partial charge is 0.188 e. The van der Waals surface area contributed by atoms with Crippen LogP contribution >= 0.6 is 0 Å². The van der Waals surface area contributed by atoms with Crippen LogP contribution in [0.3, 0.4) is 0 Å². The van der Waals surface area contributed by atoms with Crippen LogP contribution in [-0.4, -0.2) is 29.7 Å². The van der Waals surface area contributed by atoms with E-state index in [4.69, 9.17) is 15.9 Å². The van der Waals surface area contributed by atoms with Crippen LogP contribution in [0.5, 0.6) is 0 Å². The summed E-state index contributed by atoms with van der Waals surface area (Å²) in [5, 5.41) is 11.0. The Morgan fingerprint density at radius 2 is 1.79 bits per heavy atom. The van der Waals surface area contributed by atoms with E-state index in [1.54, 1.807) is 0 Å². The van der Waals surface area contributed by atoms with Crippen LogP contribution in [0.25, 0.3) is 0 Å². The van der Waals surface area contributed by atoms with Crippen molar-refractivity contribution < 1.29 is 14.6 Å². The minimum absolute atomic E-state index is 0.182. The summed E-state index contributed by atoms with van der Waals surface area (Å²) in [5.74, 6) is 2.14. The van der Waals surface area contributed by atoms with Crippen LogP contribution in [0.1, 0.15) is 44.9 Å². The molecule has 0 aromatic rings. The maximum absolute atomic E-state index is 11.0. The van der Waals surface area contributed by atoms with E-state index in [1.165, 1.54) is 0 Å². The van der Waals surface area contributed by atoms with E-state index in [0.717, 1.165) is 38.5 Å². The van der Waals surface area contributed by atoms with Gasteiger partial charge in [0.1, 0.15) is 0 Å². The Morgan fingerprint density at radius 3 is 2.42 bits per heavy atom. The Hall–Kier alpha value is -0.820. The van der Waals surface area contributed by atoms with Crippen molar-refractivity contribution in [2.75, 3.05) is 13.2 Å². The Balaban J connectivity index is 1.88. The third kappa shape index (κ3) is 2.03. The van der Waals surface area contributed by atoms with Crippen molar-refractivity contribution in [2.45, 2.75) is 56.3 Å². The molecule has 1 saturated heterocycles. The molecular formula is C16H22O3. The maximum atomic E-state index is 11.0. The first-order valence-corrected chi connectivity index (χ1v) is 7.28. The lowest BCUT2D eigenvalue weighted by Gasteiger charge is -2.51. The molecule has 0 unspecified atom stereocenters. The van der Waals surface area contributed by atoms with Crippen molar-refractivity contribution in [1.82, 2.24) is 0 Å². The highest BCUT2D eigenvalue weighted by molar-refractivity contribution is 5.21. The zero-order valence-corrected chi connectivity index (χ0v) is 11.4. The largest absolute Gasteiger partial charge is 0.388 e. The zero-order valence-electron chi connectivity index (χ0n) is 11.4. The summed E-state index contributed by atoms with van der Waals surface area (Å²) in [6, 6.07) is 0. The van der Waals surface area contributed by atoms with Gasteiger partial charge in [0.05, 0.1) is 18.8 Å². The fraction of sp³-hybridized carbons (Fsp3) is 0.750. The van der Waals surface area contributed by atoms with Crippen LogP contribution in [0.2, 0.25) is 0 Å². The standard InChI is InChI=1S/C16H22O3/c1-2-5-15(17)7-4-3-6-14(15)8-10-16(11-9-14)18-12-13-19-16/h1,8,10,17H,3-7,9,11-13H2/t14-,15+/m1/s1. The monoisotopic (exact) mass is 262 g/mol. The number of hydrogen-bond acceptors (Lipinski definition) is 3. The predicted molar refractivity (Wildman–Crippen MR) is 72.3 cm³/mol. The molecule has 0 aromatic carbocycles. The molecule has 19 heavy (non-hydrogen) atoms. The van der Waals surface area contributed by atoms with Crippen LogP contribution in [0.4, 0.5) is 0 Å². The molecule has 3 aliphatic rings. The topological polar surface area (TPSA) is 38.7 Å². The van der Waals surface area contributed by atoms with Crippen LogP contribution < -0.4 is 0 Å². The minimum atomic E-state index is -0.753.